The van der Waals surface area contributed by atoms with Gasteiger partial charge in [0.05, 0.1) is 11.8 Å². The fraction of sp³-hybridized carbons (Fsp3) is 0.235. The molecule has 0 aliphatic rings. The first-order chi connectivity index (χ1) is 11.2. The second-order valence-corrected chi connectivity index (χ2v) is 5.18. The highest BCUT2D eigenvalue weighted by atomic mass is 16.3. The van der Waals surface area contributed by atoms with Crippen LogP contribution in [0.4, 0.5) is 5.69 Å². The Balaban J connectivity index is 2.00. The number of carbonyl (C=O) groups is 1. The van der Waals surface area contributed by atoms with Gasteiger partial charge in [-0.1, -0.05) is 31.5 Å². The Hall–Kier alpha value is -2.89. The van der Waals surface area contributed by atoms with Crippen molar-refractivity contribution in [2.24, 2.45) is 10.2 Å². The SMILES string of the molecule is CCCCn1c(O)c(N=NC(=O)c2ccco2)c2ccccc21. The number of hydrogen-bond donors (Lipinski definition) is 1. The Morgan fingerprint density at radius 1 is 1.26 bits per heavy atom. The number of fused-ring (bicyclic) bond motifs is 1. The summed E-state index contributed by atoms with van der Waals surface area (Å²) < 4.78 is 6.78. The third-order valence-corrected chi connectivity index (χ3v) is 3.63. The monoisotopic (exact) mass is 311 g/mol. The Morgan fingerprint density at radius 3 is 2.83 bits per heavy atom. The fourth-order valence-electron chi connectivity index (χ4n) is 2.46. The quantitative estimate of drug-likeness (QED) is 0.696. The topological polar surface area (TPSA) is 80.1 Å². The number of azo groups is 1. The number of aryl methyl sites for hydroxylation is 1. The molecular weight excluding hydrogens is 294 g/mol. The zero-order valence-corrected chi connectivity index (χ0v) is 12.8. The molecule has 0 fully saturated rings. The highest BCUT2D eigenvalue weighted by molar-refractivity contribution is 5.96. The molecule has 6 heteroatoms. The lowest BCUT2D eigenvalue weighted by atomic mass is 10.2. The summed E-state index contributed by atoms with van der Waals surface area (Å²) in [4.78, 5) is 11.9. The van der Waals surface area contributed by atoms with Gasteiger partial charge in [0, 0.05) is 11.9 Å². The van der Waals surface area contributed by atoms with Crippen LogP contribution in [0.1, 0.15) is 30.3 Å². The average Bonchev–Trinajstić information content (AvgIpc) is 3.18. The molecule has 3 aromatic rings. The number of nitrogens with zero attached hydrogens (tertiary/aromatic N) is 3. The summed E-state index contributed by atoms with van der Waals surface area (Å²) in [5.41, 5.74) is 1.18. The number of aromatic nitrogens is 1. The van der Waals surface area contributed by atoms with Crippen LogP contribution in [-0.2, 0) is 6.54 Å². The zero-order chi connectivity index (χ0) is 16.2. The molecule has 118 valence electrons. The molecule has 0 atom stereocenters. The van der Waals surface area contributed by atoms with Gasteiger partial charge in [0.2, 0.25) is 5.88 Å². The van der Waals surface area contributed by atoms with E-state index >= 15 is 0 Å². The van der Waals surface area contributed by atoms with Crippen LogP contribution >= 0.6 is 0 Å². The molecule has 1 amide bonds. The predicted octanol–water partition coefficient (Wildman–Crippen LogP) is 4.66. The van der Waals surface area contributed by atoms with E-state index in [0.717, 1.165) is 23.7 Å². The van der Waals surface area contributed by atoms with E-state index in [-0.39, 0.29) is 11.6 Å². The molecule has 1 aromatic carbocycles. The van der Waals surface area contributed by atoms with Crippen molar-refractivity contribution in [2.45, 2.75) is 26.3 Å². The fourth-order valence-corrected chi connectivity index (χ4v) is 2.46. The second-order valence-electron chi connectivity index (χ2n) is 5.18. The molecule has 0 unspecified atom stereocenters. The lowest BCUT2D eigenvalue weighted by Gasteiger charge is -2.05. The van der Waals surface area contributed by atoms with Gasteiger partial charge in [-0.3, -0.25) is 4.79 Å². The van der Waals surface area contributed by atoms with E-state index in [9.17, 15) is 9.90 Å². The van der Waals surface area contributed by atoms with Crippen molar-refractivity contribution in [3.63, 3.8) is 0 Å². The van der Waals surface area contributed by atoms with E-state index in [0.29, 0.717) is 12.2 Å². The van der Waals surface area contributed by atoms with E-state index in [1.807, 2.05) is 24.3 Å². The maximum Gasteiger partial charge on any atom is 0.331 e. The Labute approximate surface area is 133 Å². The van der Waals surface area contributed by atoms with Crippen molar-refractivity contribution in [3.05, 3.63) is 48.4 Å². The number of para-hydroxylation sites is 1. The van der Waals surface area contributed by atoms with E-state index < -0.39 is 5.91 Å². The maximum absolute atomic E-state index is 11.9. The van der Waals surface area contributed by atoms with Crippen molar-refractivity contribution < 1.29 is 14.3 Å². The van der Waals surface area contributed by atoms with Crippen LogP contribution < -0.4 is 0 Å². The minimum atomic E-state index is -0.584. The van der Waals surface area contributed by atoms with Crippen molar-refractivity contribution in [3.8, 4) is 5.88 Å². The Bertz CT molecular complexity index is 847. The molecule has 3 rings (SSSR count). The normalized spacial score (nSPS) is 11.5. The molecule has 2 aromatic heterocycles. The van der Waals surface area contributed by atoms with Gasteiger partial charge in [-0.25, -0.2) is 0 Å². The van der Waals surface area contributed by atoms with Gasteiger partial charge < -0.3 is 14.1 Å². The van der Waals surface area contributed by atoms with Crippen molar-refractivity contribution in [2.75, 3.05) is 0 Å². The highest BCUT2D eigenvalue weighted by Gasteiger charge is 2.16. The van der Waals surface area contributed by atoms with Gasteiger partial charge in [0.1, 0.15) is 0 Å². The van der Waals surface area contributed by atoms with Crippen LogP contribution in [-0.4, -0.2) is 15.6 Å². The third-order valence-electron chi connectivity index (χ3n) is 3.63. The summed E-state index contributed by atoms with van der Waals surface area (Å²) in [7, 11) is 0. The number of benzene rings is 1. The van der Waals surface area contributed by atoms with Crippen LogP contribution in [0.5, 0.6) is 5.88 Å². The summed E-state index contributed by atoms with van der Waals surface area (Å²) in [5.74, 6) is -0.446. The molecule has 0 spiro atoms. The van der Waals surface area contributed by atoms with Gasteiger partial charge >= 0.3 is 5.91 Å². The summed E-state index contributed by atoms with van der Waals surface area (Å²) >= 11 is 0. The molecule has 1 N–H and O–H groups in total. The highest BCUT2D eigenvalue weighted by Crippen LogP contribution is 2.39. The van der Waals surface area contributed by atoms with Crippen LogP contribution in [0.25, 0.3) is 10.9 Å². The van der Waals surface area contributed by atoms with Crippen LogP contribution in [0.3, 0.4) is 0 Å². The Morgan fingerprint density at radius 2 is 2.09 bits per heavy atom. The van der Waals surface area contributed by atoms with E-state index in [1.54, 1.807) is 10.6 Å². The maximum atomic E-state index is 11.9. The van der Waals surface area contributed by atoms with E-state index in [2.05, 4.69) is 17.2 Å². The Kier molecular flexibility index (Phi) is 4.23. The zero-order valence-electron chi connectivity index (χ0n) is 12.8. The van der Waals surface area contributed by atoms with Gasteiger partial charge in [0.15, 0.2) is 11.4 Å². The molecule has 0 bridgehead atoms. The van der Waals surface area contributed by atoms with E-state index in [1.165, 1.54) is 12.3 Å². The first kappa shape index (κ1) is 15.0. The summed E-state index contributed by atoms with van der Waals surface area (Å²) in [5, 5.41) is 18.8. The summed E-state index contributed by atoms with van der Waals surface area (Å²) in [6.07, 6.45) is 3.35. The smallest absolute Gasteiger partial charge is 0.331 e. The number of aromatic hydroxyl groups is 1. The lowest BCUT2D eigenvalue weighted by Crippen LogP contribution is -1.96. The largest absolute Gasteiger partial charge is 0.493 e. The number of furan rings is 1. The minimum Gasteiger partial charge on any atom is -0.493 e. The van der Waals surface area contributed by atoms with Crippen LogP contribution in [0.2, 0.25) is 0 Å². The standard InChI is InChI=1S/C17H17N3O3/c1-2-3-10-20-13-8-5-4-7-12(13)15(17(20)22)18-19-16(21)14-9-6-11-23-14/h4-9,11,22H,2-3,10H2,1H3. The second kappa shape index (κ2) is 6.48. The number of rotatable bonds is 5. The summed E-state index contributed by atoms with van der Waals surface area (Å²) in [6, 6.07) is 10.7. The molecule has 2 heterocycles. The number of carbonyl (C=O) groups excluding carboxylic acids is 1. The average molecular weight is 311 g/mol. The molecule has 0 aliphatic heterocycles. The molecule has 23 heavy (non-hydrogen) atoms. The number of unbranched alkanes of at least 4 members (excludes halogenated alkanes) is 1. The predicted molar refractivity (Wildman–Crippen MR) is 86.1 cm³/mol. The third kappa shape index (κ3) is 2.88. The van der Waals surface area contributed by atoms with Gasteiger partial charge in [-0.2, -0.15) is 0 Å². The molecule has 6 nitrogen and oxygen atoms in total. The lowest BCUT2D eigenvalue weighted by molar-refractivity contribution is 0.0968. The first-order valence-corrected chi connectivity index (χ1v) is 7.52. The van der Waals surface area contributed by atoms with Crippen molar-refractivity contribution >= 4 is 22.5 Å². The van der Waals surface area contributed by atoms with Crippen LogP contribution in [0.15, 0.2) is 57.3 Å². The van der Waals surface area contributed by atoms with Crippen molar-refractivity contribution in [1.82, 2.24) is 4.57 Å². The van der Waals surface area contributed by atoms with Crippen molar-refractivity contribution in [1.29, 1.82) is 0 Å². The minimum absolute atomic E-state index is 0.0237. The van der Waals surface area contributed by atoms with Gasteiger partial charge in [-0.05, 0) is 24.6 Å². The molecule has 0 radical (unpaired) electrons. The molecule has 0 saturated carbocycles. The van der Waals surface area contributed by atoms with E-state index in [4.69, 9.17) is 4.42 Å². The summed E-state index contributed by atoms with van der Waals surface area (Å²) in [6.45, 7) is 2.77. The molecular formula is C17H17N3O3. The first-order valence-electron chi connectivity index (χ1n) is 7.52. The molecule has 0 saturated heterocycles. The number of amides is 1. The molecule has 0 aliphatic carbocycles. The van der Waals surface area contributed by atoms with Gasteiger partial charge in [-0.15, -0.1) is 10.2 Å². The number of hydrogen-bond acceptors (Lipinski definition) is 4. The van der Waals surface area contributed by atoms with Crippen LogP contribution in [0, 0.1) is 0 Å². The van der Waals surface area contributed by atoms with Gasteiger partial charge in [0.25, 0.3) is 0 Å².